The van der Waals surface area contributed by atoms with Gasteiger partial charge in [-0.3, -0.25) is 0 Å². The summed E-state index contributed by atoms with van der Waals surface area (Å²) in [4.78, 5) is 0. The molecule has 0 amide bonds. The van der Waals surface area contributed by atoms with E-state index in [2.05, 4.69) is 28.5 Å². The van der Waals surface area contributed by atoms with Gasteiger partial charge < -0.3 is 0 Å². The predicted octanol–water partition coefficient (Wildman–Crippen LogP) is 3.29. The predicted molar refractivity (Wildman–Crippen MR) is 56.9 cm³/mol. The van der Waals surface area contributed by atoms with Gasteiger partial charge in [0.25, 0.3) is 0 Å². The lowest BCUT2D eigenvalue weighted by atomic mass is 10.1. The van der Waals surface area contributed by atoms with Crippen LogP contribution in [0.1, 0.15) is 0 Å². The summed E-state index contributed by atoms with van der Waals surface area (Å²) in [6.45, 7) is 0. The summed E-state index contributed by atoms with van der Waals surface area (Å²) in [7, 11) is 1.91. The molecule has 2 aromatic rings. The molecule has 0 bridgehead atoms. The molecule has 0 unspecified atom stereocenters. The van der Waals surface area contributed by atoms with Crippen molar-refractivity contribution >= 4 is 22.1 Å². The molecule has 3 rings (SSSR count). The first-order valence-electron chi connectivity index (χ1n) is 4.53. The Morgan fingerprint density at radius 1 is 1.07 bits per heavy atom. The molecule has 1 aliphatic heterocycles. The summed E-state index contributed by atoms with van der Waals surface area (Å²) in [5.41, 5.74) is 2.07. The van der Waals surface area contributed by atoms with E-state index in [9.17, 15) is 0 Å². The topological polar surface area (TPSA) is 28.0 Å². The van der Waals surface area contributed by atoms with Crippen molar-refractivity contribution in [3.8, 4) is 0 Å². The van der Waals surface area contributed by atoms with Gasteiger partial charge in [0.2, 0.25) is 0 Å². The maximum Gasteiger partial charge on any atom is 0.0974 e. The molecule has 0 aromatic heterocycles. The Kier molecular flexibility index (Phi) is 1.36. The van der Waals surface area contributed by atoms with E-state index in [0.29, 0.717) is 0 Å². The molecule has 68 valence electrons. The van der Waals surface area contributed by atoms with E-state index in [1.54, 1.807) is 5.01 Å². The van der Waals surface area contributed by atoms with E-state index < -0.39 is 0 Å². The molecule has 0 spiro atoms. The van der Waals surface area contributed by atoms with Crippen LogP contribution in [0.25, 0.3) is 10.8 Å². The van der Waals surface area contributed by atoms with Crippen molar-refractivity contribution in [2.45, 2.75) is 0 Å². The Balaban J connectivity index is 2.52. The lowest BCUT2D eigenvalue weighted by Crippen LogP contribution is -2.09. The molecule has 2 aromatic carbocycles. The highest BCUT2D eigenvalue weighted by Gasteiger charge is 2.12. The molecule has 0 N–H and O–H groups in total. The average Bonchev–Trinajstić information content (AvgIpc) is 2.24. The maximum absolute atomic E-state index is 4.14. The van der Waals surface area contributed by atoms with Crippen molar-refractivity contribution in [2.24, 2.45) is 10.3 Å². The molecule has 1 heterocycles. The van der Waals surface area contributed by atoms with Gasteiger partial charge in [-0.25, -0.2) is 5.01 Å². The van der Waals surface area contributed by atoms with Crippen molar-refractivity contribution in [3.63, 3.8) is 0 Å². The monoisotopic (exact) mass is 183 g/mol. The van der Waals surface area contributed by atoms with E-state index in [1.165, 1.54) is 10.8 Å². The quantitative estimate of drug-likeness (QED) is 0.615. The second kappa shape index (κ2) is 2.54. The summed E-state index contributed by atoms with van der Waals surface area (Å²) in [6, 6.07) is 12.3. The first-order valence-corrected chi connectivity index (χ1v) is 4.53. The van der Waals surface area contributed by atoms with E-state index >= 15 is 0 Å². The van der Waals surface area contributed by atoms with E-state index in [0.717, 1.165) is 11.4 Å². The average molecular weight is 183 g/mol. The van der Waals surface area contributed by atoms with Gasteiger partial charge in [0.05, 0.1) is 11.4 Å². The van der Waals surface area contributed by atoms with Crippen LogP contribution in [0.5, 0.6) is 0 Å². The normalized spacial score (nSPS) is 13.6. The molecule has 0 radical (unpaired) electrons. The highest BCUT2D eigenvalue weighted by Crippen LogP contribution is 2.37. The smallest absolute Gasteiger partial charge is 0.0974 e. The van der Waals surface area contributed by atoms with Crippen LogP contribution in [-0.4, -0.2) is 7.05 Å². The molecule has 0 fully saturated rings. The van der Waals surface area contributed by atoms with Crippen LogP contribution in [0.15, 0.2) is 46.7 Å². The van der Waals surface area contributed by atoms with Gasteiger partial charge in [0.15, 0.2) is 0 Å². The molecular formula is C11H9N3. The summed E-state index contributed by atoms with van der Waals surface area (Å²) < 4.78 is 0. The van der Waals surface area contributed by atoms with Crippen LogP contribution in [0.3, 0.4) is 0 Å². The molecule has 3 heteroatoms. The number of benzene rings is 2. The Morgan fingerprint density at radius 3 is 2.71 bits per heavy atom. The zero-order chi connectivity index (χ0) is 9.54. The van der Waals surface area contributed by atoms with Crippen LogP contribution < -0.4 is 5.01 Å². The zero-order valence-electron chi connectivity index (χ0n) is 7.81. The third kappa shape index (κ3) is 0.865. The van der Waals surface area contributed by atoms with Gasteiger partial charge in [-0.2, -0.15) is 0 Å². The highest BCUT2D eigenvalue weighted by molar-refractivity contribution is 6.02. The fourth-order valence-corrected chi connectivity index (χ4v) is 1.82. The van der Waals surface area contributed by atoms with Crippen LogP contribution in [0, 0.1) is 0 Å². The maximum atomic E-state index is 4.14. The Hall–Kier alpha value is -1.90. The zero-order valence-corrected chi connectivity index (χ0v) is 7.81. The van der Waals surface area contributed by atoms with Crippen LogP contribution in [-0.2, 0) is 0 Å². The van der Waals surface area contributed by atoms with Gasteiger partial charge in [-0.15, -0.1) is 5.11 Å². The Morgan fingerprint density at radius 2 is 1.86 bits per heavy atom. The fourth-order valence-electron chi connectivity index (χ4n) is 1.82. The summed E-state index contributed by atoms with van der Waals surface area (Å²) in [5, 5.41) is 12.4. The minimum atomic E-state index is 0.955. The Bertz CT molecular complexity index is 526. The molecule has 0 aliphatic carbocycles. The van der Waals surface area contributed by atoms with Crippen molar-refractivity contribution in [3.05, 3.63) is 36.4 Å². The largest absolute Gasteiger partial charge is 0.249 e. The van der Waals surface area contributed by atoms with Gasteiger partial charge in [-0.05, 0) is 17.5 Å². The van der Waals surface area contributed by atoms with Crippen LogP contribution >= 0.6 is 0 Å². The Labute approximate surface area is 81.6 Å². The van der Waals surface area contributed by atoms with E-state index in [1.807, 2.05) is 25.2 Å². The molecule has 0 saturated carbocycles. The number of anilines is 1. The first-order chi connectivity index (χ1) is 6.86. The molecule has 0 atom stereocenters. The summed E-state index contributed by atoms with van der Waals surface area (Å²) in [6.07, 6.45) is 0. The molecule has 0 saturated heterocycles. The molecular weight excluding hydrogens is 174 g/mol. The summed E-state index contributed by atoms with van der Waals surface area (Å²) >= 11 is 0. The van der Waals surface area contributed by atoms with Crippen molar-refractivity contribution in [1.29, 1.82) is 0 Å². The number of nitrogens with zero attached hydrogens (tertiary/aromatic N) is 3. The van der Waals surface area contributed by atoms with Crippen molar-refractivity contribution in [1.82, 2.24) is 0 Å². The first kappa shape index (κ1) is 7.50. The second-order valence-electron chi connectivity index (χ2n) is 3.37. The molecule has 14 heavy (non-hydrogen) atoms. The lowest BCUT2D eigenvalue weighted by Gasteiger charge is -2.18. The number of hydrogen-bond acceptors (Lipinski definition) is 3. The fraction of sp³-hybridized carbons (Fsp3) is 0.0909. The highest BCUT2D eigenvalue weighted by atomic mass is 15.5. The number of hydrogen-bond donors (Lipinski definition) is 0. The van der Waals surface area contributed by atoms with E-state index in [4.69, 9.17) is 0 Å². The van der Waals surface area contributed by atoms with Gasteiger partial charge in [0, 0.05) is 12.4 Å². The van der Waals surface area contributed by atoms with E-state index in [-0.39, 0.29) is 0 Å². The SMILES string of the molecule is CN1N=Nc2cccc3cccc1c23. The van der Waals surface area contributed by atoms with Crippen LogP contribution in [0.4, 0.5) is 11.4 Å². The number of rotatable bonds is 0. The van der Waals surface area contributed by atoms with Crippen molar-refractivity contribution < 1.29 is 0 Å². The second-order valence-corrected chi connectivity index (χ2v) is 3.37. The van der Waals surface area contributed by atoms with Crippen LogP contribution in [0.2, 0.25) is 0 Å². The van der Waals surface area contributed by atoms with Gasteiger partial charge in [-0.1, -0.05) is 29.5 Å². The third-order valence-corrected chi connectivity index (χ3v) is 2.50. The lowest BCUT2D eigenvalue weighted by molar-refractivity contribution is 0.917. The standard InChI is InChI=1S/C11H9N3/c1-14-10-7-3-5-8-4-2-6-9(11(8)10)12-13-14/h2-7H,1H3. The van der Waals surface area contributed by atoms with Crippen molar-refractivity contribution in [2.75, 3.05) is 12.1 Å². The molecule has 1 aliphatic rings. The summed E-state index contributed by atoms with van der Waals surface area (Å²) in [5.74, 6) is 0. The minimum absolute atomic E-state index is 0.955. The minimum Gasteiger partial charge on any atom is -0.249 e. The van der Waals surface area contributed by atoms with Gasteiger partial charge >= 0.3 is 0 Å². The molecule has 3 nitrogen and oxygen atoms in total. The van der Waals surface area contributed by atoms with Gasteiger partial charge in [0.1, 0.15) is 0 Å². The third-order valence-electron chi connectivity index (χ3n) is 2.50.